The van der Waals surface area contributed by atoms with Crippen LogP contribution in [0.4, 0.5) is 34.1 Å². The zero-order valence-electron chi connectivity index (χ0n) is 50.3. The van der Waals surface area contributed by atoms with Crippen molar-refractivity contribution in [3.8, 4) is 11.1 Å². The first-order valence-electron chi connectivity index (χ1n) is 30.2. The molecule has 0 amide bonds. The number of benzene rings is 9. The molecule has 82 heavy (non-hydrogen) atoms. The number of aryl methyl sites for hydroxylation is 1. The highest BCUT2D eigenvalue weighted by Crippen LogP contribution is 2.54. The molecule has 4 aliphatic rings. The zero-order chi connectivity index (χ0) is 56.9. The van der Waals surface area contributed by atoms with Crippen LogP contribution in [-0.2, 0) is 27.1 Å². The highest BCUT2D eigenvalue weighted by Gasteiger charge is 2.50. The summed E-state index contributed by atoms with van der Waals surface area (Å²) in [4.78, 5) is 5.29. The first kappa shape index (κ1) is 52.5. The summed E-state index contributed by atoms with van der Waals surface area (Å²) < 4.78 is 7.78. The smallest absolute Gasteiger partial charge is 0.297 e. The van der Waals surface area contributed by atoms with Crippen molar-refractivity contribution in [1.82, 2.24) is 0 Å². The summed E-state index contributed by atoms with van der Waals surface area (Å²) in [6.45, 7) is 28.8. The number of rotatable bonds is 7. The fourth-order valence-corrected chi connectivity index (χ4v) is 20.0. The molecule has 408 valence electrons. The molecule has 2 aliphatic heterocycles. The van der Waals surface area contributed by atoms with Crippen LogP contribution in [0.5, 0.6) is 0 Å². The van der Waals surface area contributed by atoms with E-state index < -0.39 is 8.07 Å². The van der Waals surface area contributed by atoms with E-state index >= 15 is 0 Å². The Morgan fingerprint density at radius 2 is 0.951 bits per heavy atom. The number of furan rings is 1. The van der Waals surface area contributed by atoms with Gasteiger partial charge in [0.25, 0.3) is 6.71 Å². The van der Waals surface area contributed by atoms with Crippen LogP contribution in [0.3, 0.4) is 0 Å². The Labute approximate surface area is 489 Å². The van der Waals surface area contributed by atoms with Gasteiger partial charge in [0, 0.05) is 33.7 Å². The van der Waals surface area contributed by atoms with Crippen molar-refractivity contribution in [3.63, 3.8) is 0 Å². The van der Waals surface area contributed by atoms with Gasteiger partial charge in [0.05, 0.1) is 17.0 Å². The fourth-order valence-electron chi connectivity index (χ4n) is 15.3. The predicted octanol–water partition coefficient (Wildman–Crippen LogP) is 15.9. The van der Waals surface area contributed by atoms with E-state index in [0.29, 0.717) is 0 Å². The molecule has 0 saturated carbocycles. The van der Waals surface area contributed by atoms with Crippen LogP contribution < -0.4 is 47.1 Å². The van der Waals surface area contributed by atoms with Crippen molar-refractivity contribution in [2.45, 2.75) is 136 Å². The highest BCUT2D eigenvalue weighted by atomic mass is 28.3. The molecule has 0 spiro atoms. The Balaban J connectivity index is 1.09. The van der Waals surface area contributed by atoms with Crippen LogP contribution in [0.25, 0.3) is 22.1 Å². The van der Waals surface area contributed by atoms with Gasteiger partial charge in [-0.3, -0.25) is 0 Å². The Kier molecular flexibility index (Phi) is 11.8. The van der Waals surface area contributed by atoms with E-state index in [0.717, 1.165) is 36.2 Å². The molecule has 1 aromatic heterocycles. The Bertz CT molecular complexity index is 4070. The van der Waals surface area contributed by atoms with Crippen LogP contribution >= 0.6 is 0 Å². The van der Waals surface area contributed by atoms with E-state index in [-0.39, 0.29) is 33.8 Å². The molecule has 0 fully saturated rings. The maximum Gasteiger partial charge on any atom is 0.297 e. The van der Waals surface area contributed by atoms with Crippen LogP contribution in [-0.4, -0.2) is 14.8 Å². The van der Waals surface area contributed by atoms with E-state index in [2.05, 4.69) is 293 Å². The van der Waals surface area contributed by atoms with Gasteiger partial charge in [-0.2, -0.15) is 0 Å². The maximum atomic E-state index is 7.78. The SMILES string of the molecule is Cc1cc2c3c(c1)N(c1ccc4c(c1)C(C)(C)CCC4(C)C)c1c(oc4cc5c(cc14)C(C)(C)CCC5(C)C)B3c1cc(C(C)(C)C)ccc1N2c1ccc([Si](c2ccccc2)(c2ccccc2)c2ccccc2)cc1-c1ccccc1. The van der Waals surface area contributed by atoms with Crippen molar-refractivity contribution >= 4 is 97.2 Å². The van der Waals surface area contributed by atoms with Crippen LogP contribution in [0.1, 0.15) is 135 Å². The summed E-state index contributed by atoms with van der Waals surface area (Å²) in [6, 6.07) is 77.6. The second-order valence-electron chi connectivity index (χ2n) is 28.3. The average molecular weight is 1090 g/mol. The van der Waals surface area contributed by atoms with Gasteiger partial charge >= 0.3 is 0 Å². The third kappa shape index (κ3) is 7.96. The van der Waals surface area contributed by atoms with Gasteiger partial charge in [0.2, 0.25) is 0 Å². The van der Waals surface area contributed by atoms with E-state index in [9.17, 15) is 0 Å². The molecule has 0 unspecified atom stereocenters. The van der Waals surface area contributed by atoms with Gasteiger partial charge in [0.1, 0.15) is 5.58 Å². The van der Waals surface area contributed by atoms with Crippen molar-refractivity contribution < 1.29 is 4.42 Å². The lowest BCUT2D eigenvalue weighted by Gasteiger charge is -2.45. The molecule has 9 aromatic carbocycles. The summed E-state index contributed by atoms with van der Waals surface area (Å²) in [5, 5.41) is 6.62. The summed E-state index contributed by atoms with van der Waals surface area (Å²) in [5.74, 6) is 0. The lowest BCUT2D eigenvalue weighted by molar-refractivity contribution is 0.332. The quantitative estimate of drug-likeness (QED) is 0.117. The molecule has 10 aromatic rings. The zero-order valence-corrected chi connectivity index (χ0v) is 51.3. The molecule has 0 atom stereocenters. The van der Waals surface area contributed by atoms with E-state index in [1.165, 1.54) is 116 Å². The average Bonchev–Trinajstić information content (AvgIpc) is 1.68. The summed E-state index contributed by atoms with van der Waals surface area (Å²) in [7, 11) is -2.93. The Morgan fingerprint density at radius 3 is 1.51 bits per heavy atom. The topological polar surface area (TPSA) is 19.6 Å². The second-order valence-corrected chi connectivity index (χ2v) is 32.1. The minimum Gasteiger partial charge on any atom is -0.468 e. The summed E-state index contributed by atoms with van der Waals surface area (Å²) in [5.41, 5.74) is 22.4. The monoisotopic (exact) mass is 1080 g/mol. The third-order valence-electron chi connectivity index (χ3n) is 20.1. The molecule has 14 rings (SSSR count). The normalized spacial score (nSPS) is 17.1. The fraction of sp³-hybridized carbons (Fsp3) is 0.273. The van der Waals surface area contributed by atoms with Gasteiger partial charge in [-0.05, 0) is 179 Å². The predicted molar refractivity (Wildman–Crippen MR) is 353 cm³/mol. The molecule has 0 bridgehead atoms. The molecule has 2 aliphatic carbocycles. The lowest BCUT2D eigenvalue weighted by atomic mass is 9.35. The third-order valence-corrected chi connectivity index (χ3v) is 24.9. The number of hydrogen-bond acceptors (Lipinski definition) is 3. The van der Waals surface area contributed by atoms with Crippen molar-refractivity contribution in [3.05, 3.63) is 234 Å². The minimum absolute atomic E-state index is 0.0161. The van der Waals surface area contributed by atoms with Gasteiger partial charge in [-0.1, -0.05) is 228 Å². The summed E-state index contributed by atoms with van der Waals surface area (Å²) in [6.07, 6.45) is 4.60. The van der Waals surface area contributed by atoms with Gasteiger partial charge in [-0.25, -0.2) is 0 Å². The lowest BCUT2D eigenvalue weighted by Crippen LogP contribution is -2.74. The van der Waals surface area contributed by atoms with Gasteiger partial charge < -0.3 is 14.2 Å². The molecular formula is C77H77BN2OSi. The van der Waals surface area contributed by atoms with E-state index in [4.69, 9.17) is 4.42 Å². The van der Waals surface area contributed by atoms with Gasteiger partial charge in [-0.15, -0.1) is 0 Å². The minimum atomic E-state index is -2.93. The summed E-state index contributed by atoms with van der Waals surface area (Å²) >= 11 is 0. The first-order valence-corrected chi connectivity index (χ1v) is 32.2. The first-order chi connectivity index (χ1) is 39.2. The van der Waals surface area contributed by atoms with Crippen LogP contribution in [0, 0.1) is 6.92 Å². The Hall–Kier alpha value is -7.60. The molecule has 0 saturated heterocycles. The van der Waals surface area contributed by atoms with Crippen molar-refractivity contribution in [2.75, 3.05) is 9.80 Å². The number of nitrogens with zero attached hydrogens (tertiary/aromatic N) is 2. The van der Waals surface area contributed by atoms with Crippen molar-refractivity contribution in [1.29, 1.82) is 0 Å². The van der Waals surface area contributed by atoms with Gasteiger partial charge in [0.15, 0.2) is 8.07 Å². The highest BCUT2D eigenvalue weighted by molar-refractivity contribution is 7.20. The molecule has 3 heterocycles. The van der Waals surface area contributed by atoms with Crippen LogP contribution in [0.2, 0.25) is 0 Å². The molecule has 3 nitrogen and oxygen atoms in total. The second kappa shape index (κ2) is 18.5. The molecule has 0 N–H and O–H groups in total. The Morgan fingerprint density at radius 1 is 0.451 bits per heavy atom. The maximum absolute atomic E-state index is 7.78. The van der Waals surface area contributed by atoms with Crippen molar-refractivity contribution in [2.24, 2.45) is 0 Å². The standard InChI is InChI=1S/C77H77BN2OSi/c1-50-43-67-70-68(44-50)80(65-38-35-57(47-58(65)51-25-17-13-18-26-51)82(54-27-19-14-20-28-54,55-29-21-15-22-30-55)56-31-23-16-24-32-56)66-37-33-52(73(2,3)4)45-64(66)78(70)72-71(59-48-62-63(49-69(59)81-72)77(11,12)42-41-76(62,9)10)79(67)53-34-36-60-61(46-53)75(7,8)40-39-74(60,5)6/h13-38,43-49H,39-42H2,1-12H3. The largest absolute Gasteiger partial charge is 0.468 e. The number of fused-ring (bicyclic) bond motifs is 8. The molecule has 0 radical (unpaired) electrons. The molecular weight excluding hydrogens is 1010 g/mol. The van der Waals surface area contributed by atoms with E-state index in [1.54, 1.807) is 0 Å². The number of anilines is 6. The van der Waals surface area contributed by atoms with E-state index in [1.807, 2.05) is 0 Å². The molecule has 5 heteroatoms. The van der Waals surface area contributed by atoms with Crippen LogP contribution in [0.15, 0.2) is 205 Å². The number of hydrogen-bond donors (Lipinski definition) is 0.